The maximum absolute atomic E-state index is 12.7. The Morgan fingerprint density at radius 3 is 2.57 bits per heavy atom. The Labute approximate surface area is 195 Å². The van der Waals surface area contributed by atoms with Crippen molar-refractivity contribution in [3.8, 4) is 11.5 Å². The summed E-state index contributed by atoms with van der Waals surface area (Å²) in [5.74, 6) is 1.73. The number of methoxy groups -OCH3 is 1. The zero-order valence-electron chi connectivity index (χ0n) is 17.8. The lowest BCUT2D eigenvalue weighted by Gasteiger charge is -2.36. The van der Waals surface area contributed by atoms with E-state index in [-0.39, 0.29) is 41.6 Å². The van der Waals surface area contributed by atoms with E-state index in [1.54, 1.807) is 6.07 Å². The average molecular weight is 532 g/mol. The van der Waals surface area contributed by atoms with E-state index in [1.807, 2.05) is 24.0 Å². The molecule has 2 N–H and O–H groups in total. The molecule has 30 heavy (non-hydrogen) atoms. The van der Waals surface area contributed by atoms with E-state index in [0.29, 0.717) is 38.6 Å². The number of benzene rings is 1. The fraction of sp³-hybridized carbons (Fsp3) is 0.619. The van der Waals surface area contributed by atoms with Gasteiger partial charge in [0.2, 0.25) is 5.91 Å². The summed E-state index contributed by atoms with van der Waals surface area (Å²) in [6.45, 7) is 7.41. The van der Waals surface area contributed by atoms with Gasteiger partial charge in [-0.1, -0.05) is 12.1 Å². The summed E-state index contributed by atoms with van der Waals surface area (Å²) in [5.41, 5.74) is 0.720. The van der Waals surface area contributed by atoms with Crippen molar-refractivity contribution in [2.75, 3.05) is 53.0 Å². The van der Waals surface area contributed by atoms with Gasteiger partial charge in [0.25, 0.3) is 0 Å². The van der Waals surface area contributed by atoms with Crippen molar-refractivity contribution >= 4 is 35.8 Å². The van der Waals surface area contributed by atoms with Gasteiger partial charge in [-0.2, -0.15) is 0 Å². The Kier molecular flexibility index (Phi) is 9.96. The summed E-state index contributed by atoms with van der Waals surface area (Å²) in [7, 11) is 1.54. The number of carbonyl (C=O) groups is 1. The molecule has 0 bridgehead atoms. The zero-order chi connectivity index (χ0) is 20.6. The molecular weight excluding hydrogens is 499 g/mol. The molecule has 168 valence electrons. The van der Waals surface area contributed by atoms with Gasteiger partial charge in [0.15, 0.2) is 17.5 Å². The number of aliphatic imine (C=N–C) groups is 1. The van der Waals surface area contributed by atoms with Crippen LogP contribution in [0.4, 0.5) is 0 Å². The van der Waals surface area contributed by atoms with Gasteiger partial charge < -0.3 is 29.7 Å². The van der Waals surface area contributed by atoms with Crippen molar-refractivity contribution in [3.63, 3.8) is 0 Å². The highest BCUT2D eigenvalue weighted by Crippen LogP contribution is 2.30. The van der Waals surface area contributed by atoms with Crippen LogP contribution in [0.25, 0.3) is 0 Å². The highest BCUT2D eigenvalue weighted by molar-refractivity contribution is 14.0. The normalized spacial score (nSPS) is 18.0. The maximum Gasteiger partial charge on any atom is 0.225 e. The van der Waals surface area contributed by atoms with Gasteiger partial charge in [-0.15, -0.1) is 24.0 Å². The first-order chi connectivity index (χ1) is 14.1. The molecule has 1 aromatic rings. The maximum atomic E-state index is 12.7. The van der Waals surface area contributed by atoms with Crippen molar-refractivity contribution < 1.29 is 19.4 Å². The molecule has 0 radical (unpaired) electrons. The van der Waals surface area contributed by atoms with Crippen LogP contribution in [-0.2, 0) is 16.1 Å². The smallest absolute Gasteiger partial charge is 0.225 e. The minimum Gasteiger partial charge on any atom is -0.504 e. The second-order valence-electron chi connectivity index (χ2n) is 7.34. The molecule has 2 aliphatic rings. The number of hydrogen-bond acceptors (Lipinski definition) is 5. The number of piperidine rings is 1. The molecule has 8 nitrogen and oxygen atoms in total. The lowest BCUT2D eigenvalue weighted by molar-refractivity contribution is -0.140. The van der Waals surface area contributed by atoms with E-state index >= 15 is 0 Å². The number of rotatable bonds is 5. The molecule has 0 unspecified atom stereocenters. The van der Waals surface area contributed by atoms with E-state index in [2.05, 4.69) is 10.2 Å². The van der Waals surface area contributed by atoms with Gasteiger partial charge in [-0.05, 0) is 25.8 Å². The number of halogens is 1. The number of phenols is 1. The van der Waals surface area contributed by atoms with Crippen LogP contribution >= 0.6 is 24.0 Å². The van der Waals surface area contributed by atoms with Crippen LogP contribution in [0.15, 0.2) is 23.2 Å². The van der Waals surface area contributed by atoms with Gasteiger partial charge in [0, 0.05) is 44.2 Å². The summed E-state index contributed by atoms with van der Waals surface area (Å²) >= 11 is 0. The van der Waals surface area contributed by atoms with Gasteiger partial charge in [0.05, 0.1) is 26.9 Å². The molecule has 0 aromatic heterocycles. The topological polar surface area (TPSA) is 86.6 Å². The number of amides is 1. The quantitative estimate of drug-likeness (QED) is 0.343. The number of morpholine rings is 1. The van der Waals surface area contributed by atoms with Crippen molar-refractivity contribution in [1.29, 1.82) is 0 Å². The van der Waals surface area contributed by atoms with Gasteiger partial charge in [-0.3, -0.25) is 4.79 Å². The summed E-state index contributed by atoms with van der Waals surface area (Å²) in [4.78, 5) is 21.6. The van der Waals surface area contributed by atoms with E-state index in [4.69, 9.17) is 14.5 Å². The van der Waals surface area contributed by atoms with Crippen LogP contribution < -0.4 is 10.1 Å². The number of hydrogen-bond donors (Lipinski definition) is 2. The molecule has 1 amide bonds. The third-order valence-corrected chi connectivity index (χ3v) is 5.50. The first-order valence-electron chi connectivity index (χ1n) is 10.4. The van der Waals surface area contributed by atoms with Crippen LogP contribution in [0, 0.1) is 5.92 Å². The second-order valence-corrected chi connectivity index (χ2v) is 7.34. The molecule has 1 aromatic carbocycles. The first kappa shape index (κ1) is 24.5. The lowest BCUT2D eigenvalue weighted by atomic mass is 9.95. The number of carbonyl (C=O) groups excluding carboxylic acids is 1. The molecule has 0 saturated carbocycles. The molecule has 2 fully saturated rings. The summed E-state index contributed by atoms with van der Waals surface area (Å²) in [6.07, 6.45) is 1.65. The molecule has 0 atom stereocenters. The average Bonchev–Trinajstić information content (AvgIpc) is 2.77. The van der Waals surface area contributed by atoms with Crippen LogP contribution in [0.2, 0.25) is 0 Å². The molecule has 2 saturated heterocycles. The molecule has 2 heterocycles. The minimum atomic E-state index is 0. The van der Waals surface area contributed by atoms with Gasteiger partial charge in [-0.25, -0.2) is 4.99 Å². The highest BCUT2D eigenvalue weighted by atomic mass is 127. The van der Waals surface area contributed by atoms with Gasteiger partial charge in [0.1, 0.15) is 0 Å². The zero-order valence-corrected chi connectivity index (χ0v) is 20.1. The first-order valence-corrected chi connectivity index (χ1v) is 10.4. The summed E-state index contributed by atoms with van der Waals surface area (Å²) in [5, 5.41) is 13.6. The standard InChI is InChI=1S/C21H32N4O4.HI/c1-3-22-21(23-15-17-5-4-6-18(28-2)19(17)26)25-9-7-16(8-10-25)20(27)24-11-13-29-14-12-24;/h4-6,16,26H,3,7-15H2,1-2H3,(H,22,23);1H. The minimum absolute atomic E-state index is 0. The number of likely N-dealkylation sites (tertiary alicyclic amines) is 1. The Morgan fingerprint density at radius 2 is 1.93 bits per heavy atom. The number of para-hydroxylation sites is 1. The Hall–Kier alpha value is -1.75. The van der Waals surface area contributed by atoms with Crippen molar-refractivity contribution in [3.05, 3.63) is 23.8 Å². The van der Waals surface area contributed by atoms with E-state index in [9.17, 15) is 9.90 Å². The number of phenolic OH excluding ortho intramolecular Hbond substituents is 1. The molecule has 3 rings (SSSR count). The third-order valence-electron chi connectivity index (χ3n) is 5.50. The lowest BCUT2D eigenvalue weighted by Crippen LogP contribution is -2.50. The number of nitrogens with zero attached hydrogens (tertiary/aromatic N) is 3. The molecule has 2 aliphatic heterocycles. The fourth-order valence-electron chi connectivity index (χ4n) is 3.83. The number of ether oxygens (including phenoxy) is 2. The van der Waals surface area contributed by atoms with Crippen LogP contribution in [0.5, 0.6) is 11.5 Å². The van der Waals surface area contributed by atoms with Crippen molar-refractivity contribution in [2.24, 2.45) is 10.9 Å². The Bertz CT molecular complexity index is 717. The van der Waals surface area contributed by atoms with Crippen LogP contribution in [0.3, 0.4) is 0 Å². The molecule has 0 aliphatic carbocycles. The number of nitrogens with one attached hydrogen (secondary N) is 1. The third kappa shape index (κ3) is 6.13. The molecule has 9 heteroatoms. The van der Waals surface area contributed by atoms with E-state index in [1.165, 1.54) is 7.11 Å². The summed E-state index contributed by atoms with van der Waals surface area (Å²) < 4.78 is 10.5. The number of guanidine groups is 1. The molecular formula is C21H33IN4O4. The summed E-state index contributed by atoms with van der Waals surface area (Å²) in [6, 6.07) is 5.42. The Morgan fingerprint density at radius 1 is 1.23 bits per heavy atom. The van der Waals surface area contributed by atoms with Crippen molar-refractivity contribution in [2.45, 2.75) is 26.3 Å². The molecule has 0 spiro atoms. The van der Waals surface area contributed by atoms with E-state index < -0.39 is 0 Å². The van der Waals surface area contributed by atoms with E-state index in [0.717, 1.165) is 44.0 Å². The van der Waals surface area contributed by atoms with Crippen LogP contribution in [-0.4, -0.2) is 79.8 Å². The highest BCUT2D eigenvalue weighted by Gasteiger charge is 2.30. The van der Waals surface area contributed by atoms with Crippen molar-refractivity contribution in [1.82, 2.24) is 15.1 Å². The van der Waals surface area contributed by atoms with Gasteiger partial charge >= 0.3 is 0 Å². The number of aromatic hydroxyl groups is 1. The predicted octanol–water partition coefficient (Wildman–Crippen LogP) is 2.06. The largest absolute Gasteiger partial charge is 0.504 e. The second kappa shape index (κ2) is 12.2. The predicted molar refractivity (Wildman–Crippen MR) is 127 cm³/mol. The Balaban J connectivity index is 0.00000320. The fourth-order valence-corrected chi connectivity index (χ4v) is 3.83. The van der Waals surface area contributed by atoms with Crippen LogP contribution in [0.1, 0.15) is 25.3 Å². The SMILES string of the molecule is CCNC(=NCc1cccc(OC)c1O)N1CCC(C(=O)N2CCOCC2)CC1.I. The monoisotopic (exact) mass is 532 g/mol.